The van der Waals surface area contributed by atoms with Gasteiger partial charge < -0.3 is 10.7 Å². The number of imidazole rings is 1. The van der Waals surface area contributed by atoms with Gasteiger partial charge >= 0.3 is 6.18 Å². The highest BCUT2D eigenvalue weighted by atomic mass is 35.5. The summed E-state index contributed by atoms with van der Waals surface area (Å²) in [6.07, 6.45) is -3.71. The first-order valence-electron chi connectivity index (χ1n) is 5.83. The summed E-state index contributed by atoms with van der Waals surface area (Å²) in [5.41, 5.74) is 6.16. The number of anilines is 1. The zero-order valence-electron chi connectivity index (χ0n) is 10.4. The molecule has 0 atom stereocenters. The second kappa shape index (κ2) is 4.63. The Bertz CT molecular complexity index is 826. The molecule has 1 aromatic carbocycles. The number of benzene rings is 1. The third kappa shape index (κ3) is 2.52. The number of nitrogens with two attached hydrogens (primary N) is 1. The molecule has 0 saturated heterocycles. The number of fused-ring (bicyclic) bond motifs is 1. The van der Waals surface area contributed by atoms with Crippen molar-refractivity contribution < 1.29 is 13.2 Å². The molecule has 3 rings (SSSR count). The molecule has 0 aliphatic carbocycles. The number of halogens is 4. The third-order valence-electron chi connectivity index (χ3n) is 2.91. The number of hydrogen-bond acceptors (Lipinski definition) is 3. The Hall–Kier alpha value is -2.28. The molecule has 0 amide bonds. The van der Waals surface area contributed by atoms with Gasteiger partial charge in [-0.05, 0) is 24.3 Å². The van der Waals surface area contributed by atoms with E-state index < -0.39 is 11.7 Å². The first-order chi connectivity index (χ1) is 9.84. The zero-order valence-corrected chi connectivity index (χ0v) is 11.1. The van der Waals surface area contributed by atoms with Crippen LogP contribution in [0.3, 0.4) is 0 Å². The van der Waals surface area contributed by atoms with Crippen LogP contribution >= 0.6 is 11.6 Å². The highest BCUT2D eigenvalue weighted by molar-refractivity contribution is 6.33. The van der Waals surface area contributed by atoms with Crippen LogP contribution in [0.2, 0.25) is 5.02 Å². The Balaban J connectivity index is 2.15. The van der Waals surface area contributed by atoms with Gasteiger partial charge in [0.15, 0.2) is 5.65 Å². The molecule has 0 aliphatic heterocycles. The minimum atomic E-state index is -4.46. The first kappa shape index (κ1) is 13.7. The molecule has 108 valence electrons. The summed E-state index contributed by atoms with van der Waals surface area (Å²) < 4.78 is 38.0. The van der Waals surface area contributed by atoms with E-state index in [1.165, 1.54) is 0 Å². The summed E-state index contributed by atoms with van der Waals surface area (Å²) in [7, 11) is 0. The molecule has 0 radical (unpaired) electrons. The van der Waals surface area contributed by atoms with Crippen molar-refractivity contribution in [1.29, 1.82) is 0 Å². The molecular formula is C13H8ClF3N4. The van der Waals surface area contributed by atoms with Gasteiger partial charge in [0.1, 0.15) is 5.82 Å². The fourth-order valence-electron chi connectivity index (χ4n) is 1.91. The Morgan fingerprint density at radius 3 is 2.67 bits per heavy atom. The van der Waals surface area contributed by atoms with Gasteiger partial charge in [0.05, 0.1) is 16.1 Å². The Kier molecular flexibility index (Phi) is 3.02. The largest absolute Gasteiger partial charge is 0.417 e. The molecule has 3 aromatic rings. The number of hydrogen-bond donors (Lipinski definition) is 2. The lowest BCUT2D eigenvalue weighted by molar-refractivity contribution is -0.137. The summed E-state index contributed by atoms with van der Waals surface area (Å²) in [6.45, 7) is 0. The van der Waals surface area contributed by atoms with E-state index in [0.29, 0.717) is 22.1 Å². The third-order valence-corrected chi connectivity index (χ3v) is 3.24. The van der Waals surface area contributed by atoms with Gasteiger partial charge in [0.2, 0.25) is 0 Å². The van der Waals surface area contributed by atoms with E-state index in [9.17, 15) is 13.2 Å². The van der Waals surface area contributed by atoms with Crippen LogP contribution in [0.4, 0.5) is 18.9 Å². The minimum Gasteiger partial charge on any atom is -0.399 e. The van der Waals surface area contributed by atoms with E-state index >= 15 is 0 Å². The molecule has 2 aromatic heterocycles. The predicted octanol–water partition coefficient (Wildman–Crippen LogP) is 3.88. The second-order valence-corrected chi connectivity index (χ2v) is 4.82. The Labute approximate surface area is 121 Å². The van der Waals surface area contributed by atoms with Crippen molar-refractivity contribution in [2.75, 3.05) is 5.73 Å². The number of nitrogens with zero attached hydrogens (tertiary/aromatic N) is 2. The number of rotatable bonds is 1. The van der Waals surface area contributed by atoms with Crippen molar-refractivity contribution in [2.45, 2.75) is 6.18 Å². The maximum absolute atomic E-state index is 12.7. The highest BCUT2D eigenvalue weighted by Crippen LogP contribution is 2.32. The molecule has 0 spiro atoms. The maximum Gasteiger partial charge on any atom is 0.417 e. The van der Waals surface area contributed by atoms with Gasteiger partial charge in [-0.1, -0.05) is 11.6 Å². The number of H-pyrrole nitrogens is 1. The van der Waals surface area contributed by atoms with Gasteiger partial charge in [0.25, 0.3) is 0 Å². The topological polar surface area (TPSA) is 67.6 Å². The normalized spacial score (nSPS) is 12.0. The van der Waals surface area contributed by atoms with Gasteiger partial charge in [-0.2, -0.15) is 13.2 Å². The number of nitrogens with one attached hydrogen (secondary N) is 1. The molecule has 0 fully saturated rings. The summed E-state index contributed by atoms with van der Waals surface area (Å²) in [5, 5.41) is 0.388. The molecule has 0 saturated carbocycles. The van der Waals surface area contributed by atoms with Gasteiger partial charge in [-0.15, -0.1) is 0 Å². The van der Waals surface area contributed by atoms with Crippen LogP contribution in [0.15, 0.2) is 30.5 Å². The molecule has 3 N–H and O–H groups in total. The van der Waals surface area contributed by atoms with E-state index in [-0.39, 0.29) is 11.2 Å². The lowest BCUT2D eigenvalue weighted by atomic mass is 10.2. The molecule has 0 bridgehead atoms. The van der Waals surface area contributed by atoms with Crippen LogP contribution in [0.1, 0.15) is 5.56 Å². The number of pyridine rings is 1. The van der Waals surface area contributed by atoms with Crippen molar-refractivity contribution in [2.24, 2.45) is 0 Å². The van der Waals surface area contributed by atoms with Crippen LogP contribution in [0.25, 0.3) is 22.6 Å². The smallest absolute Gasteiger partial charge is 0.399 e. The monoisotopic (exact) mass is 312 g/mol. The molecule has 2 heterocycles. The van der Waals surface area contributed by atoms with E-state index in [0.717, 1.165) is 12.3 Å². The molecule has 21 heavy (non-hydrogen) atoms. The van der Waals surface area contributed by atoms with E-state index in [1.807, 2.05) is 0 Å². The van der Waals surface area contributed by atoms with Crippen LogP contribution in [0, 0.1) is 0 Å². The van der Waals surface area contributed by atoms with Crippen LogP contribution < -0.4 is 5.73 Å². The van der Waals surface area contributed by atoms with Crippen molar-refractivity contribution in [3.05, 3.63) is 41.0 Å². The summed E-state index contributed by atoms with van der Waals surface area (Å²) in [6, 6.07) is 5.76. The predicted molar refractivity (Wildman–Crippen MR) is 73.7 cm³/mol. The molecule has 0 unspecified atom stereocenters. The van der Waals surface area contributed by atoms with E-state index in [1.54, 1.807) is 18.2 Å². The summed E-state index contributed by atoms with van der Waals surface area (Å²) >= 11 is 6.05. The number of aromatic amines is 1. The lowest BCUT2D eigenvalue weighted by Crippen LogP contribution is -2.05. The quantitative estimate of drug-likeness (QED) is 0.670. The standard InChI is InChI=1S/C13H8ClF3N4/c14-9-2-1-7(18)4-8(9)11-20-10-3-6(13(15,16)17)5-19-12(10)21-11/h1-5H,18H2,(H,19,20,21). The summed E-state index contributed by atoms with van der Waals surface area (Å²) in [4.78, 5) is 10.6. The molecular weight excluding hydrogens is 305 g/mol. The second-order valence-electron chi connectivity index (χ2n) is 4.42. The van der Waals surface area contributed by atoms with E-state index in [2.05, 4.69) is 15.0 Å². The fourth-order valence-corrected chi connectivity index (χ4v) is 2.11. The minimum absolute atomic E-state index is 0.177. The van der Waals surface area contributed by atoms with Crippen LogP contribution in [-0.2, 0) is 6.18 Å². The number of aromatic nitrogens is 3. The van der Waals surface area contributed by atoms with Crippen molar-refractivity contribution >= 4 is 28.5 Å². The maximum atomic E-state index is 12.7. The number of alkyl halides is 3. The van der Waals surface area contributed by atoms with Crippen molar-refractivity contribution in [3.8, 4) is 11.4 Å². The van der Waals surface area contributed by atoms with Gasteiger partial charge in [-0.25, -0.2) is 9.97 Å². The van der Waals surface area contributed by atoms with Gasteiger partial charge in [0, 0.05) is 17.4 Å². The molecule has 8 heteroatoms. The van der Waals surface area contributed by atoms with E-state index in [4.69, 9.17) is 17.3 Å². The fraction of sp³-hybridized carbons (Fsp3) is 0.0769. The first-order valence-corrected chi connectivity index (χ1v) is 6.21. The summed E-state index contributed by atoms with van der Waals surface area (Å²) in [5.74, 6) is 0.314. The van der Waals surface area contributed by atoms with Crippen LogP contribution in [-0.4, -0.2) is 15.0 Å². The average Bonchev–Trinajstić information content (AvgIpc) is 2.83. The van der Waals surface area contributed by atoms with Crippen molar-refractivity contribution in [3.63, 3.8) is 0 Å². The molecule has 4 nitrogen and oxygen atoms in total. The van der Waals surface area contributed by atoms with Gasteiger partial charge in [-0.3, -0.25) is 0 Å². The average molecular weight is 313 g/mol. The zero-order chi connectivity index (χ0) is 15.2. The number of nitrogen functional groups attached to an aromatic ring is 1. The lowest BCUT2D eigenvalue weighted by Gasteiger charge is -2.04. The van der Waals surface area contributed by atoms with Crippen LogP contribution in [0.5, 0.6) is 0 Å². The molecule has 0 aliphatic rings. The van der Waals surface area contributed by atoms with Crippen molar-refractivity contribution in [1.82, 2.24) is 15.0 Å². The SMILES string of the molecule is Nc1ccc(Cl)c(-c2nc3ncc(C(F)(F)F)cc3[nH]2)c1. The Morgan fingerprint density at radius 2 is 1.95 bits per heavy atom. The highest BCUT2D eigenvalue weighted by Gasteiger charge is 2.31. The Morgan fingerprint density at radius 1 is 1.19 bits per heavy atom.